The van der Waals surface area contributed by atoms with Crippen LogP contribution >= 0.6 is 0 Å². The van der Waals surface area contributed by atoms with Crippen molar-refractivity contribution in [2.24, 2.45) is 5.92 Å². The van der Waals surface area contributed by atoms with Crippen LogP contribution < -0.4 is 10.1 Å². The molecule has 4 rings (SSSR count). The van der Waals surface area contributed by atoms with Gasteiger partial charge < -0.3 is 19.7 Å². The van der Waals surface area contributed by atoms with Crippen molar-refractivity contribution in [3.05, 3.63) is 58.4 Å². The van der Waals surface area contributed by atoms with Crippen molar-refractivity contribution in [3.63, 3.8) is 0 Å². The summed E-state index contributed by atoms with van der Waals surface area (Å²) in [6.07, 6.45) is 3.65. The predicted molar refractivity (Wildman–Crippen MR) is 137 cm³/mol. The molecule has 1 N–H and O–H groups in total. The molecule has 192 valence electrons. The van der Waals surface area contributed by atoms with E-state index in [0.29, 0.717) is 37.2 Å². The maximum Gasteiger partial charge on any atom is 0.251 e. The van der Waals surface area contributed by atoms with E-state index >= 15 is 4.39 Å². The molecule has 2 atom stereocenters. The lowest BCUT2D eigenvalue weighted by molar-refractivity contribution is -0.139. The number of nitrogens with one attached hydrogen (secondary N) is 1. The first-order valence-corrected chi connectivity index (χ1v) is 12.8. The highest BCUT2D eigenvalue weighted by atomic mass is 19.1. The van der Waals surface area contributed by atoms with Crippen LogP contribution in [0.5, 0.6) is 5.75 Å². The molecular weight excluding hydrogens is 459 g/mol. The van der Waals surface area contributed by atoms with Crippen LogP contribution in [-0.4, -0.2) is 36.2 Å². The topological polar surface area (TPSA) is 75.7 Å². The van der Waals surface area contributed by atoms with Gasteiger partial charge in [-0.05, 0) is 84.5 Å². The number of fused-ring (bicyclic) bond motifs is 2. The van der Waals surface area contributed by atoms with E-state index in [0.717, 1.165) is 41.6 Å². The lowest BCUT2D eigenvalue weighted by atomic mass is 9.86. The van der Waals surface area contributed by atoms with Crippen LogP contribution in [0.15, 0.2) is 30.3 Å². The van der Waals surface area contributed by atoms with E-state index in [1.165, 1.54) is 6.07 Å². The number of carbonyl (C=O) groups is 3. The average molecular weight is 495 g/mol. The molecule has 2 aromatic rings. The summed E-state index contributed by atoms with van der Waals surface area (Å²) in [5.41, 5.74) is 3.48. The number of anilines is 1. The van der Waals surface area contributed by atoms with Gasteiger partial charge in [-0.1, -0.05) is 26.8 Å². The van der Waals surface area contributed by atoms with Crippen LogP contribution in [0.1, 0.15) is 75.3 Å². The number of rotatable bonds is 8. The van der Waals surface area contributed by atoms with Gasteiger partial charge >= 0.3 is 0 Å². The number of carbonyl (C=O) groups excluding carboxylic acids is 3. The fourth-order valence-corrected chi connectivity index (χ4v) is 5.45. The first-order chi connectivity index (χ1) is 17.1. The van der Waals surface area contributed by atoms with Crippen molar-refractivity contribution in [1.29, 1.82) is 0 Å². The summed E-state index contributed by atoms with van der Waals surface area (Å²) >= 11 is 0. The molecule has 7 heteroatoms. The average Bonchev–Trinajstić information content (AvgIpc) is 3.16. The van der Waals surface area contributed by atoms with Crippen molar-refractivity contribution in [2.75, 3.05) is 18.5 Å². The third-order valence-electron chi connectivity index (χ3n) is 7.40. The summed E-state index contributed by atoms with van der Waals surface area (Å²) in [7, 11) is 0. The summed E-state index contributed by atoms with van der Waals surface area (Å²) in [6.45, 7) is 8.65. The molecule has 36 heavy (non-hydrogen) atoms. The molecule has 2 aliphatic rings. The van der Waals surface area contributed by atoms with Gasteiger partial charge in [0.15, 0.2) is 0 Å². The molecule has 0 fully saturated rings. The Labute approximate surface area is 212 Å². The van der Waals surface area contributed by atoms with E-state index in [4.69, 9.17) is 4.74 Å². The first kappa shape index (κ1) is 25.9. The Balaban J connectivity index is 1.64. The number of nitrogens with zero attached hydrogens (tertiary/aromatic N) is 1. The van der Waals surface area contributed by atoms with E-state index < -0.39 is 6.04 Å². The van der Waals surface area contributed by atoms with Gasteiger partial charge in [-0.25, -0.2) is 4.39 Å². The molecule has 1 heterocycles. The van der Waals surface area contributed by atoms with E-state index in [-0.39, 0.29) is 35.4 Å². The van der Waals surface area contributed by atoms with Crippen molar-refractivity contribution in [3.8, 4) is 5.75 Å². The number of benzene rings is 2. The lowest BCUT2D eigenvalue weighted by Crippen LogP contribution is -2.45. The summed E-state index contributed by atoms with van der Waals surface area (Å²) in [5.74, 6) is -0.380. The highest BCUT2D eigenvalue weighted by Crippen LogP contribution is 2.41. The van der Waals surface area contributed by atoms with Gasteiger partial charge in [0.05, 0.1) is 6.61 Å². The molecule has 0 radical (unpaired) electrons. The Morgan fingerprint density at radius 2 is 2.00 bits per heavy atom. The zero-order valence-electron chi connectivity index (χ0n) is 21.5. The number of ether oxygens (including phenoxy) is 1. The number of aldehydes is 1. The van der Waals surface area contributed by atoms with E-state index in [1.54, 1.807) is 11.8 Å². The molecule has 2 unspecified atom stereocenters. The summed E-state index contributed by atoms with van der Waals surface area (Å²) in [4.78, 5) is 39.5. The smallest absolute Gasteiger partial charge is 0.251 e. The molecule has 6 nitrogen and oxygen atoms in total. The van der Waals surface area contributed by atoms with Crippen LogP contribution in [-0.2, 0) is 32.6 Å². The number of hydrogen-bond acceptors (Lipinski definition) is 4. The van der Waals surface area contributed by atoms with Gasteiger partial charge in [0.2, 0.25) is 5.91 Å². The Bertz CT molecular complexity index is 1180. The van der Waals surface area contributed by atoms with Gasteiger partial charge in [0.25, 0.3) is 5.91 Å². The minimum absolute atomic E-state index is 0.176. The van der Waals surface area contributed by atoms with Gasteiger partial charge in [0, 0.05) is 24.6 Å². The molecule has 0 aromatic heterocycles. The summed E-state index contributed by atoms with van der Waals surface area (Å²) in [5, 5.41) is 2.89. The molecule has 0 bridgehead atoms. The highest BCUT2D eigenvalue weighted by Gasteiger charge is 2.37. The standard InChI is InChI=1S/C29H35FN2O4/c1-5-36-22-7-8-23-19(15-22)11-13-32(25(34)9-6-18(2)17-33)27(23)28(35)31-21-14-20-10-12-29(3,4)26(20)24(30)16-21/h7-8,14-18,27H,5-6,9-13H2,1-4H3,(H,31,35). The predicted octanol–water partition coefficient (Wildman–Crippen LogP) is 5.13. The third-order valence-corrected chi connectivity index (χ3v) is 7.40. The molecule has 1 aliphatic carbocycles. The number of aryl methyl sites for hydroxylation is 1. The van der Waals surface area contributed by atoms with E-state index in [2.05, 4.69) is 5.32 Å². The normalized spacial score (nSPS) is 18.7. The van der Waals surface area contributed by atoms with Crippen molar-refractivity contribution in [2.45, 2.75) is 71.3 Å². The summed E-state index contributed by atoms with van der Waals surface area (Å²) < 4.78 is 20.7. The fraction of sp³-hybridized carbons (Fsp3) is 0.483. The van der Waals surface area contributed by atoms with Crippen LogP contribution in [0.3, 0.4) is 0 Å². The minimum atomic E-state index is -0.851. The maximum atomic E-state index is 15.1. The van der Waals surface area contributed by atoms with E-state index in [9.17, 15) is 14.4 Å². The fourth-order valence-electron chi connectivity index (χ4n) is 5.45. The Kier molecular flexibility index (Phi) is 7.48. The van der Waals surface area contributed by atoms with Gasteiger partial charge in [-0.3, -0.25) is 9.59 Å². The molecule has 2 amide bonds. The highest BCUT2D eigenvalue weighted by molar-refractivity contribution is 5.98. The SMILES string of the molecule is CCOc1ccc2c(c1)CCN(C(=O)CCC(C)C=O)C2C(=O)Nc1cc(F)c2c(c1)CCC2(C)C. The number of hydrogen-bond donors (Lipinski definition) is 1. The second-order valence-corrected chi connectivity index (χ2v) is 10.6. The molecule has 0 saturated carbocycles. The Hall–Kier alpha value is -3.22. The third kappa shape index (κ3) is 5.15. The lowest BCUT2D eigenvalue weighted by Gasteiger charge is -2.37. The van der Waals surface area contributed by atoms with Crippen LogP contribution in [0.2, 0.25) is 0 Å². The largest absolute Gasteiger partial charge is 0.494 e. The van der Waals surface area contributed by atoms with Crippen LogP contribution in [0.4, 0.5) is 10.1 Å². The Morgan fingerprint density at radius 1 is 1.22 bits per heavy atom. The Morgan fingerprint density at radius 3 is 2.72 bits per heavy atom. The molecule has 1 aliphatic heterocycles. The van der Waals surface area contributed by atoms with Crippen LogP contribution in [0.25, 0.3) is 0 Å². The second kappa shape index (κ2) is 10.4. The zero-order chi connectivity index (χ0) is 26.0. The zero-order valence-corrected chi connectivity index (χ0v) is 21.5. The minimum Gasteiger partial charge on any atom is -0.494 e. The molecular formula is C29H35FN2O4. The van der Waals surface area contributed by atoms with Crippen LogP contribution in [0, 0.1) is 11.7 Å². The monoisotopic (exact) mass is 494 g/mol. The van der Waals surface area contributed by atoms with Crippen molar-refractivity contribution in [1.82, 2.24) is 4.90 Å². The summed E-state index contributed by atoms with van der Waals surface area (Å²) in [6, 6.07) is 7.95. The quantitative estimate of drug-likeness (QED) is 0.517. The molecule has 0 saturated heterocycles. The maximum absolute atomic E-state index is 15.1. The van der Waals surface area contributed by atoms with Crippen molar-refractivity contribution < 1.29 is 23.5 Å². The second-order valence-electron chi connectivity index (χ2n) is 10.6. The van der Waals surface area contributed by atoms with Gasteiger partial charge in [0.1, 0.15) is 23.9 Å². The first-order valence-electron chi connectivity index (χ1n) is 12.8. The van der Waals surface area contributed by atoms with E-state index in [1.807, 2.05) is 45.0 Å². The number of amides is 2. The van der Waals surface area contributed by atoms with Gasteiger partial charge in [-0.2, -0.15) is 0 Å². The van der Waals surface area contributed by atoms with Crippen molar-refractivity contribution >= 4 is 23.8 Å². The molecule has 0 spiro atoms. The van der Waals surface area contributed by atoms with Gasteiger partial charge in [-0.15, -0.1) is 0 Å². The number of halogens is 1. The molecule has 2 aromatic carbocycles.